The molecule has 2 N–H and O–H groups in total. The second-order valence-electron chi connectivity index (χ2n) is 8.27. The number of aliphatic hydroxyl groups is 1. The molecule has 2 fully saturated rings. The molecule has 35 heavy (non-hydrogen) atoms. The van der Waals surface area contributed by atoms with Crippen molar-refractivity contribution in [3.8, 4) is 0 Å². The summed E-state index contributed by atoms with van der Waals surface area (Å²) in [5.41, 5.74) is 0.991. The number of piperazine rings is 2. The Kier molecular flexibility index (Phi) is 8.58. The molecule has 1 aromatic heterocycles. The van der Waals surface area contributed by atoms with Crippen LogP contribution in [0, 0.1) is 0 Å². The summed E-state index contributed by atoms with van der Waals surface area (Å²) in [6.07, 6.45) is 0.708. The number of carbonyl (C=O) groups excluding carboxylic acids is 4. The Morgan fingerprint density at radius 2 is 1.74 bits per heavy atom. The molecule has 0 spiro atoms. The van der Waals surface area contributed by atoms with Crippen molar-refractivity contribution in [2.75, 3.05) is 57.8 Å². The number of carbonyl (C=O) groups is 5. The number of anilines is 1. The maximum absolute atomic E-state index is 13.0. The Bertz CT molecular complexity index is 950. The van der Waals surface area contributed by atoms with Crippen molar-refractivity contribution in [3.05, 3.63) is 24.5 Å². The van der Waals surface area contributed by atoms with Crippen LogP contribution in [0.4, 0.5) is 5.69 Å². The Labute approximate surface area is 201 Å². The maximum atomic E-state index is 13.0. The van der Waals surface area contributed by atoms with Gasteiger partial charge >= 0.3 is 11.9 Å². The van der Waals surface area contributed by atoms with Gasteiger partial charge in [0.25, 0.3) is 5.91 Å². The number of carboxylic acids is 1. The lowest BCUT2D eigenvalue weighted by atomic mass is 10.0. The number of aromatic nitrogens is 1. The van der Waals surface area contributed by atoms with E-state index in [2.05, 4.69) is 14.6 Å². The minimum atomic E-state index is -1.71. The molecule has 13 nitrogen and oxygen atoms in total. The van der Waals surface area contributed by atoms with E-state index in [-0.39, 0.29) is 13.1 Å². The fourth-order valence-corrected chi connectivity index (χ4v) is 4.20. The van der Waals surface area contributed by atoms with E-state index in [0.29, 0.717) is 26.2 Å². The molecule has 0 bridgehead atoms. The van der Waals surface area contributed by atoms with Crippen molar-refractivity contribution in [3.63, 3.8) is 0 Å². The van der Waals surface area contributed by atoms with Crippen LogP contribution in [0.15, 0.2) is 24.5 Å². The first kappa shape index (κ1) is 25.9. The van der Waals surface area contributed by atoms with Gasteiger partial charge in [-0.05, 0) is 12.1 Å². The van der Waals surface area contributed by atoms with Gasteiger partial charge in [0.15, 0.2) is 0 Å². The number of carboxylic acid groups (broad SMARTS) is 1. The molecule has 2 unspecified atom stereocenters. The van der Waals surface area contributed by atoms with Gasteiger partial charge in [-0.1, -0.05) is 0 Å². The Morgan fingerprint density at radius 1 is 1.09 bits per heavy atom. The molecule has 13 heteroatoms. The fourth-order valence-electron chi connectivity index (χ4n) is 4.20. The summed E-state index contributed by atoms with van der Waals surface area (Å²) in [7, 11) is 1.12. The number of hydrogen-bond acceptors (Lipinski definition) is 9. The molecule has 3 rings (SSSR count). The van der Waals surface area contributed by atoms with Gasteiger partial charge in [-0.15, -0.1) is 0 Å². The van der Waals surface area contributed by atoms with Crippen LogP contribution in [0.2, 0.25) is 0 Å². The van der Waals surface area contributed by atoms with Crippen molar-refractivity contribution in [2.24, 2.45) is 0 Å². The predicted octanol–water partition coefficient (Wildman–Crippen LogP) is -1.83. The number of aliphatic hydroxyl groups excluding tert-OH is 1. The Balaban J connectivity index is 1.59. The van der Waals surface area contributed by atoms with Crippen molar-refractivity contribution in [1.82, 2.24) is 19.7 Å². The topological polar surface area (TPSA) is 161 Å². The minimum absolute atomic E-state index is 0.0772. The molecule has 0 aromatic carbocycles. The number of esters is 1. The van der Waals surface area contributed by atoms with Crippen LogP contribution in [0.1, 0.15) is 12.8 Å². The van der Waals surface area contributed by atoms with Crippen LogP contribution in [-0.2, 0) is 28.7 Å². The van der Waals surface area contributed by atoms with Crippen molar-refractivity contribution < 1.29 is 38.9 Å². The highest BCUT2D eigenvalue weighted by Crippen LogP contribution is 2.19. The van der Waals surface area contributed by atoms with E-state index in [1.807, 2.05) is 12.1 Å². The summed E-state index contributed by atoms with van der Waals surface area (Å²) >= 11 is 0. The molecule has 3 amide bonds. The zero-order valence-electron chi connectivity index (χ0n) is 19.4. The summed E-state index contributed by atoms with van der Waals surface area (Å²) in [6, 6.07) is 2.43. The fraction of sp³-hybridized carbons (Fsp3) is 0.545. The largest absolute Gasteiger partial charge is 0.480 e. The molecule has 2 saturated heterocycles. The predicted molar refractivity (Wildman–Crippen MR) is 120 cm³/mol. The first-order chi connectivity index (χ1) is 16.7. The lowest BCUT2D eigenvalue weighted by Gasteiger charge is -2.40. The van der Waals surface area contributed by atoms with E-state index in [4.69, 9.17) is 5.11 Å². The number of methoxy groups -OCH3 is 1. The van der Waals surface area contributed by atoms with Gasteiger partial charge < -0.3 is 34.5 Å². The van der Waals surface area contributed by atoms with E-state index < -0.39 is 61.2 Å². The van der Waals surface area contributed by atoms with Crippen molar-refractivity contribution >= 4 is 35.3 Å². The zero-order valence-corrected chi connectivity index (χ0v) is 19.4. The number of pyridine rings is 1. The lowest BCUT2D eigenvalue weighted by molar-refractivity contribution is -0.162. The molecular formula is C22H29N5O8. The minimum Gasteiger partial charge on any atom is -0.480 e. The van der Waals surface area contributed by atoms with E-state index in [1.165, 1.54) is 0 Å². The second kappa shape index (κ2) is 11.6. The molecule has 0 radical (unpaired) electrons. The number of rotatable bonds is 8. The van der Waals surface area contributed by atoms with E-state index in [9.17, 15) is 29.1 Å². The van der Waals surface area contributed by atoms with Gasteiger partial charge in [0.2, 0.25) is 11.8 Å². The van der Waals surface area contributed by atoms with E-state index >= 15 is 0 Å². The summed E-state index contributed by atoms with van der Waals surface area (Å²) in [4.78, 5) is 71.0. The summed E-state index contributed by atoms with van der Waals surface area (Å²) < 4.78 is 4.60. The average Bonchev–Trinajstić information content (AvgIpc) is 2.86. The van der Waals surface area contributed by atoms with Crippen LogP contribution >= 0.6 is 0 Å². The molecule has 0 aliphatic carbocycles. The van der Waals surface area contributed by atoms with Crippen molar-refractivity contribution in [1.29, 1.82) is 0 Å². The molecular weight excluding hydrogens is 462 g/mol. The van der Waals surface area contributed by atoms with Crippen LogP contribution < -0.4 is 4.90 Å². The molecule has 2 aliphatic rings. The van der Waals surface area contributed by atoms with E-state index in [1.54, 1.807) is 17.3 Å². The smallest absolute Gasteiger partial charge is 0.323 e. The van der Waals surface area contributed by atoms with E-state index in [0.717, 1.165) is 22.6 Å². The van der Waals surface area contributed by atoms with Gasteiger partial charge in [0.1, 0.15) is 18.7 Å². The number of ether oxygens (including phenoxy) is 1. The molecule has 2 atom stereocenters. The highest BCUT2D eigenvalue weighted by atomic mass is 16.5. The third kappa shape index (κ3) is 6.44. The van der Waals surface area contributed by atoms with Gasteiger partial charge in [-0.2, -0.15) is 0 Å². The van der Waals surface area contributed by atoms with Crippen LogP contribution in [0.3, 0.4) is 0 Å². The second-order valence-corrected chi connectivity index (χ2v) is 8.27. The third-order valence-corrected chi connectivity index (χ3v) is 6.09. The molecule has 3 heterocycles. The van der Waals surface area contributed by atoms with Gasteiger partial charge in [-0.25, -0.2) is 0 Å². The number of hydrogen-bond donors (Lipinski definition) is 2. The standard InChI is InChI=1S/C22H29N5O8/c1-35-20(32)12-16-21(33)26(14-19(30)31)10-11-27(16)22(34)17(28)13-18(29)25-8-6-24(7-9-25)15-2-4-23-5-3-15/h2-5,16-17,28H,6-14H2,1H3,(H,30,31). The summed E-state index contributed by atoms with van der Waals surface area (Å²) in [6.45, 7) is 1.26. The molecule has 2 aliphatic heterocycles. The highest BCUT2D eigenvalue weighted by molar-refractivity contribution is 5.95. The first-order valence-electron chi connectivity index (χ1n) is 11.2. The lowest BCUT2D eigenvalue weighted by Crippen LogP contribution is -2.62. The number of nitrogens with zero attached hydrogens (tertiary/aromatic N) is 5. The first-order valence-corrected chi connectivity index (χ1v) is 11.2. The summed E-state index contributed by atoms with van der Waals surface area (Å²) in [5.74, 6) is -4.00. The van der Waals surface area contributed by atoms with Crippen molar-refractivity contribution in [2.45, 2.75) is 25.0 Å². The van der Waals surface area contributed by atoms with Crippen LogP contribution in [-0.4, -0.2) is 125 Å². The van der Waals surface area contributed by atoms with Crippen LogP contribution in [0.5, 0.6) is 0 Å². The van der Waals surface area contributed by atoms with Gasteiger partial charge in [0.05, 0.1) is 20.0 Å². The summed E-state index contributed by atoms with van der Waals surface area (Å²) in [5, 5.41) is 19.5. The van der Waals surface area contributed by atoms with Gasteiger partial charge in [0, 0.05) is 57.3 Å². The average molecular weight is 492 g/mol. The Hall–Kier alpha value is -3.74. The zero-order chi connectivity index (χ0) is 25.5. The molecule has 0 saturated carbocycles. The van der Waals surface area contributed by atoms with Crippen LogP contribution in [0.25, 0.3) is 0 Å². The SMILES string of the molecule is COC(=O)CC1C(=O)N(CC(=O)O)CCN1C(=O)C(O)CC(=O)N1CCN(c2ccncc2)CC1. The monoisotopic (exact) mass is 491 g/mol. The maximum Gasteiger partial charge on any atom is 0.323 e. The molecule has 190 valence electrons. The normalized spacial score (nSPS) is 19.4. The number of amides is 3. The van der Waals surface area contributed by atoms with Gasteiger partial charge in [-0.3, -0.25) is 29.0 Å². The molecule has 1 aromatic rings. The quantitative estimate of drug-likeness (QED) is 0.396. The Morgan fingerprint density at radius 3 is 2.34 bits per heavy atom. The highest BCUT2D eigenvalue weighted by Gasteiger charge is 2.41. The number of aliphatic carboxylic acids is 1. The third-order valence-electron chi connectivity index (χ3n) is 6.09.